The van der Waals surface area contributed by atoms with E-state index in [4.69, 9.17) is 9.47 Å². The molecule has 156 valence electrons. The van der Waals surface area contributed by atoms with Crippen LogP contribution in [0, 0.1) is 0 Å². The van der Waals surface area contributed by atoms with Gasteiger partial charge in [-0.1, -0.05) is 19.3 Å². The van der Waals surface area contributed by atoms with Gasteiger partial charge in [0, 0.05) is 51.1 Å². The molecular formula is C20H38N4O2S. The Morgan fingerprint density at radius 2 is 2.04 bits per heavy atom. The van der Waals surface area contributed by atoms with Crippen LogP contribution in [0.4, 0.5) is 0 Å². The summed E-state index contributed by atoms with van der Waals surface area (Å²) in [6, 6.07) is 0. The summed E-state index contributed by atoms with van der Waals surface area (Å²) >= 11 is 2.07. The molecule has 0 spiro atoms. The summed E-state index contributed by atoms with van der Waals surface area (Å²) in [5.41, 5.74) is 0.246. The second-order valence-electron chi connectivity index (χ2n) is 7.96. The lowest BCUT2D eigenvalue weighted by Crippen LogP contribution is -2.60. The number of aliphatic imine (C=N–C) groups is 1. The Kier molecular flexibility index (Phi) is 9.03. The Morgan fingerprint density at radius 1 is 1.22 bits per heavy atom. The number of rotatable bonds is 8. The Bertz CT molecular complexity index is 445. The van der Waals surface area contributed by atoms with Crippen molar-refractivity contribution < 1.29 is 9.47 Å². The van der Waals surface area contributed by atoms with Crippen LogP contribution in [0.25, 0.3) is 0 Å². The summed E-state index contributed by atoms with van der Waals surface area (Å²) in [6.45, 7) is 6.54. The van der Waals surface area contributed by atoms with E-state index in [1.54, 1.807) is 0 Å². The number of morpholine rings is 1. The van der Waals surface area contributed by atoms with E-state index >= 15 is 0 Å². The minimum atomic E-state index is 0.246. The molecule has 6 nitrogen and oxygen atoms in total. The van der Waals surface area contributed by atoms with Gasteiger partial charge in [-0.3, -0.25) is 9.89 Å². The molecule has 1 atom stereocenters. The minimum absolute atomic E-state index is 0.246. The van der Waals surface area contributed by atoms with E-state index in [1.807, 2.05) is 7.05 Å². The normalized spacial score (nSPS) is 28.4. The summed E-state index contributed by atoms with van der Waals surface area (Å²) in [5, 5.41) is 7.05. The quantitative estimate of drug-likeness (QED) is 0.371. The summed E-state index contributed by atoms with van der Waals surface area (Å²) in [5.74, 6) is 3.37. The fraction of sp³-hybridized carbons (Fsp3) is 0.950. The lowest BCUT2D eigenvalue weighted by Gasteiger charge is -2.43. The van der Waals surface area contributed by atoms with Crippen molar-refractivity contribution in [3.8, 4) is 0 Å². The Labute approximate surface area is 169 Å². The third-order valence-electron chi connectivity index (χ3n) is 6.09. The zero-order chi connectivity index (χ0) is 18.8. The van der Waals surface area contributed by atoms with E-state index in [-0.39, 0.29) is 5.54 Å². The molecule has 1 unspecified atom stereocenters. The van der Waals surface area contributed by atoms with Crippen molar-refractivity contribution in [1.82, 2.24) is 15.5 Å². The third-order valence-corrected chi connectivity index (χ3v) is 7.33. The highest BCUT2D eigenvalue weighted by molar-refractivity contribution is 7.99. The van der Waals surface area contributed by atoms with Gasteiger partial charge in [0.2, 0.25) is 0 Å². The Hall–Kier alpha value is -0.500. The molecule has 2 heterocycles. The molecule has 27 heavy (non-hydrogen) atoms. The molecule has 2 saturated heterocycles. The van der Waals surface area contributed by atoms with E-state index in [0.29, 0.717) is 6.10 Å². The van der Waals surface area contributed by atoms with Gasteiger partial charge in [-0.2, -0.15) is 11.8 Å². The maximum atomic E-state index is 6.01. The van der Waals surface area contributed by atoms with Gasteiger partial charge >= 0.3 is 0 Å². The van der Waals surface area contributed by atoms with Crippen molar-refractivity contribution in [2.75, 3.05) is 64.6 Å². The van der Waals surface area contributed by atoms with Crippen LogP contribution >= 0.6 is 11.8 Å². The highest BCUT2D eigenvalue weighted by atomic mass is 32.2. The molecule has 3 rings (SSSR count). The highest BCUT2D eigenvalue weighted by Gasteiger charge is 2.40. The van der Waals surface area contributed by atoms with Gasteiger partial charge in [0.05, 0.1) is 19.3 Å². The largest absolute Gasteiger partial charge is 0.379 e. The summed E-state index contributed by atoms with van der Waals surface area (Å²) < 4.78 is 11.6. The van der Waals surface area contributed by atoms with Crippen LogP contribution in [0.15, 0.2) is 4.99 Å². The van der Waals surface area contributed by atoms with E-state index < -0.39 is 0 Å². The summed E-state index contributed by atoms with van der Waals surface area (Å²) in [6.07, 6.45) is 9.33. The molecule has 3 fully saturated rings. The molecule has 0 aromatic carbocycles. The van der Waals surface area contributed by atoms with E-state index in [0.717, 1.165) is 58.4 Å². The lowest BCUT2D eigenvalue weighted by atomic mass is 9.95. The first kappa shape index (κ1) is 21.2. The van der Waals surface area contributed by atoms with Crippen LogP contribution in [0.3, 0.4) is 0 Å². The van der Waals surface area contributed by atoms with E-state index in [2.05, 4.69) is 32.3 Å². The molecule has 2 N–H and O–H groups in total. The monoisotopic (exact) mass is 398 g/mol. The number of guanidine groups is 1. The first-order valence-corrected chi connectivity index (χ1v) is 11.9. The predicted molar refractivity (Wildman–Crippen MR) is 114 cm³/mol. The highest BCUT2D eigenvalue weighted by Crippen LogP contribution is 2.33. The van der Waals surface area contributed by atoms with Gasteiger partial charge in [-0.25, -0.2) is 0 Å². The molecule has 3 aliphatic rings. The SMILES string of the molecule is CN=C(NCCCOC1CCCCC1)NCC1(N2CCOCC2)CCSC1. The number of thioether (sulfide) groups is 1. The average Bonchev–Trinajstić information content (AvgIpc) is 3.22. The zero-order valence-electron chi connectivity index (χ0n) is 17.0. The van der Waals surface area contributed by atoms with Crippen molar-refractivity contribution in [1.29, 1.82) is 0 Å². The Morgan fingerprint density at radius 3 is 2.74 bits per heavy atom. The van der Waals surface area contributed by atoms with Gasteiger partial charge < -0.3 is 20.1 Å². The van der Waals surface area contributed by atoms with Gasteiger partial charge in [0.15, 0.2) is 5.96 Å². The molecule has 1 saturated carbocycles. The fourth-order valence-electron chi connectivity index (χ4n) is 4.36. The Balaban J connectivity index is 1.35. The molecule has 1 aliphatic carbocycles. The van der Waals surface area contributed by atoms with Crippen molar-refractivity contribution >= 4 is 17.7 Å². The molecule has 0 amide bonds. The van der Waals surface area contributed by atoms with Crippen molar-refractivity contribution in [3.63, 3.8) is 0 Å². The molecule has 0 aromatic heterocycles. The first-order chi connectivity index (χ1) is 13.3. The minimum Gasteiger partial charge on any atom is -0.379 e. The lowest BCUT2D eigenvalue weighted by molar-refractivity contribution is -0.0120. The smallest absolute Gasteiger partial charge is 0.191 e. The second-order valence-corrected chi connectivity index (χ2v) is 9.07. The van der Waals surface area contributed by atoms with Crippen LogP contribution in [-0.4, -0.2) is 87.1 Å². The number of hydrogen-bond donors (Lipinski definition) is 2. The summed E-state index contributed by atoms with van der Waals surface area (Å²) in [4.78, 5) is 7.05. The van der Waals surface area contributed by atoms with E-state index in [1.165, 1.54) is 50.0 Å². The van der Waals surface area contributed by atoms with Gasteiger partial charge in [-0.05, 0) is 31.4 Å². The average molecular weight is 399 g/mol. The van der Waals surface area contributed by atoms with Gasteiger partial charge in [0.1, 0.15) is 0 Å². The van der Waals surface area contributed by atoms with E-state index in [9.17, 15) is 0 Å². The molecule has 0 radical (unpaired) electrons. The van der Waals surface area contributed by atoms with Crippen molar-refractivity contribution in [2.24, 2.45) is 4.99 Å². The number of hydrogen-bond acceptors (Lipinski definition) is 5. The van der Waals surface area contributed by atoms with Crippen LogP contribution in [0.5, 0.6) is 0 Å². The molecule has 2 aliphatic heterocycles. The first-order valence-electron chi connectivity index (χ1n) is 10.8. The van der Waals surface area contributed by atoms with Crippen molar-refractivity contribution in [3.05, 3.63) is 0 Å². The van der Waals surface area contributed by atoms with Gasteiger partial charge in [0.25, 0.3) is 0 Å². The topological polar surface area (TPSA) is 58.1 Å². The molecule has 7 heteroatoms. The molecule has 0 bridgehead atoms. The number of nitrogens with zero attached hydrogens (tertiary/aromatic N) is 2. The maximum Gasteiger partial charge on any atom is 0.191 e. The van der Waals surface area contributed by atoms with Gasteiger partial charge in [-0.15, -0.1) is 0 Å². The zero-order valence-corrected chi connectivity index (χ0v) is 17.8. The number of nitrogens with one attached hydrogen (secondary N) is 2. The maximum absolute atomic E-state index is 6.01. The third kappa shape index (κ3) is 6.51. The predicted octanol–water partition coefficient (Wildman–Crippen LogP) is 2.10. The second kappa shape index (κ2) is 11.5. The number of ether oxygens (including phenoxy) is 2. The molecular weight excluding hydrogens is 360 g/mol. The fourth-order valence-corrected chi connectivity index (χ4v) is 5.84. The van der Waals surface area contributed by atoms with Crippen molar-refractivity contribution in [2.45, 2.75) is 56.6 Å². The summed E-state index contributed by atoms with van der Waals surface area (Å²) in [7, 11) is 1.86. The van der Waals surface area contributed by atoms with Crippen LogP contribution in [0.2, 0.25) is 0 Å². The van der Waals surface area contributed by atoms with Crippen LogP contribution < -0.4 is 10.6 Å². The van der Waals surface area contributed by atoms with Crippen LogP contribution in [0.1, 0.15) is 44.9 Å². The standard InChI is InChI=1S/C20H38N4O2S/c1-21-19(22-9-5-12-26-18-6-3-2-4-7-18)23-16-20(8-15-27-17-20)24-10-13-25-14-11-24/h18H,2-17H2,1H3,(H2,21,22,23). The van der Waals surface area contributed by atoms with Crippen LogP contribution in [-0.2, 0) is 9.47 Å². The molecule has 0 aromatic rings.